The Hall–Kier alpha value is -2.31. The van der Waals surface area contributed by atoms with Crippen LogP contribution in [0.4, 0.5) is 0 Å². The van der Waals surface area contributed by atoms with Crippen LogP contribution < -0.4 is 10.6 Å². The van der Waals surface area contributed by atoms with Gasteiger partial charge in [-0.15, -0.1) is 0 Å². The molecule has 0 spiro atoms. The summed E-state index contributed by atoms with van der Waals surface area (Å²) in [5, 5.41) is 16.0. The van der Waals surface area contributed by atoms with E-state index in [2.05, 4.69) is 16.7 Å². The molecule has 6 heteroatoms. The summed E-state index contributed by atoms with van der Waals surface area (Å²) in [6.45, 7) is 3.83. The summed E-state index contributed by atoms with van der Waals surface area (Å²) < 4.78 is 0. The zero-order valence-electron chi connectivity index (χ0n) is 21.9. The number of nitrogens with one attached hydrogen (secondary N) is 2. The first-order chi connectivity index (χ1) is 17.5. The summed E-state index contributed by atoms with van der Waals surface area (Å²) in [5.41, 5.74) is 4.68. The highest BCUT2D eigenvalue weighted by molar-refractivity contribution is 7.98. The van der Waals surface area contributed by atoms with Gasteiger partial charge in [0, 0.05) is 12.1 Å². The lowest BCUT2D eigenvalue weighted by atomic mass is 9.86. The second kappa shape index (κ2) is 15.1. The molecule has 1 atom stereocenters. The van der Waals surface area contributed by atoms with Crippen LogP contribution in [-0.2, 0) is 9.59 Å². The van der Waals surface area contributed by atoms with Crippen molar-refractivity contribution >= 4 is 29.2 Å². The van der Waals surface area contributed by atoms with Crippen LogP contribution in [0.25, 0.3) is 5.57 Å². The summed E-state index contributed by atoms with van der Waals surface area (Å²) in [6, 6.07) is 7.15. The molecule has 3 N–H and O–H groups in total. The number of amides is 1. The molecule has 0 aliphatic heterocycles. The Kier molecular flexibility index (Phi) is 11.8. The van der Waals surface area contributed by atoms with Crippen molar-refractivity contribution in [3.63, 3.8) is 0 Å². The van der Waals surface area contributed by atoms with E-state index in [0.717, 1.165) is 42.1 Å². The van der Waals surface area contributed by atoms with Crippen molar-refractivity contribution in [3.8, 4) is 0 Å². The standard InChI is InChI=1S/C30H42N2O3S/c1-22-10-6-7-15-25(22)27-20-24(21-31-18-9-14-23-11-4-3-5-12-23)13-8-16-26(27)29(33)32-28(30(34)35)17-19-36-2/h6-8,10,15-16,20,23,28,31H,3-5,9,11-14,17-19,21H2,1-2H3,(H,32,33)(H,34,35). The Bertz CT molecular complexity index is 976. The lowest BCUT2D eigenvalue weighted by molar-refractivity contribution is -0.141. The van der Waals surface area contributed by atoms with Crippen molar-refractivity contribution in [2.45, 2.75) is 70.8 Å². The SMILES string of the molecule is CSCCC(NC(=O)C1=C(c2ccccc2C)C=C(CNCCCC2CCCCC2)CC=C1)C(=O)O. The van der Waals surface area contributed by atoms with Crippen LogP contribution in [0.5, 0.6) is 0 Å². The van der Waals surface area contributed by atoms with Crippen LogP contribution in [-0.4, -0.2) is 48.1 Å². The van der Waals surface area contributed by atoms with Gasteiger partial charge in [-0.2, -0.15) is 11.8 Å². The average molecular weight is 511 g/mol. The minimum Gasteiger partial charge on any atom is -0.480 e. The number of thioether (sulfide) groups is 1. The van der Waals surface area contributed by atoms with E-state index in [1.165, 1.54) is 50.5 Å². The third-order valence-corrected chi connectivity index (χ3v) is 7.88. The Balaban J connectivity index is 1.74. The number of carboxylic acid groups (broad SMARTS) is 1. The second-order valence-electron chi connectivity index (χ2n) is 10.0. The van der Waals surface area contributed by atoms with Gasteiger partial charge in [0.1, 0.15) is 6.04 Å². The molecule has 1 unspecified atom stereocenters. The van der Waals surface area contributed by atoms with E-state index in [9.17, 15) is 14.7 Å². The van der Waals surface area contributed by atoms with Gasteiger partial charge < -0.3 is 15.7 Å². The first kappa shape index (κ1) is 28.3. The lowest BCUT2D eigenvalue weighted by Gasteiger charge is -2.21. The maximum absolute atomic E-state index is 13.3. The molecule has 0 heterocycles. The van der Waals surface area contributed by atoms with Crippen molar-refractivity contribution in [2.75, 3.05) is 25.1 Å². The van der Waals surface area contributed by atoms with Gasteiger partial charge in [-0.1, -0.05) is 80.2 Å². The molecule has 2 aliphatic rings. The van der Waals surface area contributed by atoms with Crippen LogP contribution in [0.15, 0.2) is 53.6 Å². The number of benzene rings is 1. The third-order valence-electron chi connectivity index (χ3n) is 7.24. The number of carbonyl (C=O) groups is 2. The van der Waals surface area contributed by atoms with E-state index in [-0.39, 0.29) is 5.91 Å². The second-order valence-corrected chi connectivity index (χ2v) is 11.0. The molecular formula is C30H42N2O3S. The minimum atomic E-state index is -0.998. The predicted molar refractivity (Wildman–Crippen MR) is 151 cm³/mol. The maximum atomic E-state index is 13.3. The molecule has 1 amide bonds. The normalized spacial score (nSPS) is 17.4. The molecule has 0 saturated heterocycles. The fraction of sp³-hybridized carbons (Fsp3) is 0.533. The van der Waals surface area contributed by atoms with Gasteiger partial charge in [0.15, 0.2) is 0 Å². The molecular weight excluding hydrogens is 468 g/mol. The summed E-state index contributed by atoms with van der Waals surface area (Å²) in [6.07, 6.45) is 18.6. The fourth-order valence-corrected chi connectivity index (χ4v) is 5.62. The lowest BCUT2D eigenvalue weighted by Crippen LogP contribution is -2.41. The number of hydrogen-bond acceptors (Lipinski definition) is 4. The van der Waals surface area contributed by atoms with Crippen molar-refractivity contribution in [1.29, 1.82) is 0 Å². The number of rotatable bonds is 13. The molecule has 0 radical (unpaired) electrons. The molecule has 0 aromatic heterocycles. The first-order valence-corrected chi connectivity index (χ1v) is 14.8. The highest BCUT2D eigenvalue weighted by Gasteiger charge is 2.23. The molecule has 1 saturated carbocycles. The summed E-state index contributed by atoms with van der Waals surface area (Å²) in [5.74, 6) is 0.244. The van der Waals surface area contributed by atoms with E-state index >= 15 is 0 Å². The van der Waals surface area contributed by atoms with E-state index in [1.54, 1.807) is 11.8 Å². The molecule has 1 fully saturated rings. The topological polar surface area (TPSA) is 78.4 Å². The average Bonchev–Trinajstić information content (AvgIpc) is 3.09. The van der Waals surface area contributed by atoms with Gasteiger partial charge in [0.05, 0.1) is 0 Å². The van der Waals surface area contributed by atoms with Gasteiger partial charge in [0.25, 0.3) is 5.91 Å². The van der Waals surface area contributed by atoms with E-state index in [1.807, 2.05) is 49.6 Å². The predicted octanol–water partition coefficient (Wildman–Crippen LogP) is 5.91. The number of aliphatic carboxylic acids is 1. The molecule has 1 aromatic rings. The van der Waals surface area contributed by atoms with Gasteiger partial charge in [-0.05, 0) is 73.8 Å². The fourth-order valence-electron chi connectivity index (χ4n) is 5.15. The van der Waals surface area contributed by atoms with Crippen LogP contribution in [0, 0.1) is 12.8 Å². The summed E-state index contributed by atoms with van der Waals surface area (Å²) in [7, 11) is 0. The molecule has 5 nitrogen and oxygen atoms in total. The van der Waals surface area contributed by atoms with Gasteiger partial charge in [-0.25, -0.2) is 4.79 Å². The number of hydrogen-bond donors (Lipinski definition) is 3. The van der Waals surface area contributed by atoms with Crippen molar-refractivity contribution < 1.29 is 14.7 Å². The van der Waals surface area contributed by atoms with Gasteiger partial charge in [0.2, 0.25) is 0 Å². The summed E-state index contributed by atoms with van der Waals surface area (Å²) in [4.78, 5) is 25.1. The van der Waals surface area contributed by atoms with Crippen LogP contribution in [0.3, 0.4) is 0 Å². The third kappa shape index (κ3) is 8.67. The van der Waals surface area contributed by atoms with Crippen molar-refractivity contribution in [2.24, 2.45) is 5.92 Å². The quantitative estimate of drug-likeness (QED) is 0.288. The van der Waals surface area contributed by atoms with E-state index < -0.39 is 12.0 Å². The smallest absolute Gasteiger partial charge is 0.326 e. The molecule has 3 rings (SSSR count). The molecule has 2 aliphatic carbocycles. The number of aryl methyl sites for hydroxylation is 1. The van der Waals surface area contributed by atoms with Crippen LogP contribution in [0.1, 0.15) is 68.9 Å². The highest BCUT2D eigenvalue weighted by atomic mass is 32.2. The van der Waals surface area contributed by atoms with E-state index in [4.69, 9.17) is 0 Å². The van der Waals surface area contributed by atoms with Crippen LogP contribution in [0.2, 0.25) is 0 Å². The van der Waals surface area contributed by atoms with Crippen LogP contribution >= 0.6 is 11.8 Å². The zero-order chi connectivity index (χ0) is 25.8. The Morgan fingerprint density at radius 2 is 1.94 bits per heavy atom. The van der Waals surface area contributed by atoms with Crippen molar-refractivity contribution in [1.82, 2.24) is 10.6 Å². The molecule has 1 aromatic carbocycles. The van der Waals surface area contributed by atoms with Crippen molar-refractivity contribution in [3.05, 3.63) is 64.8 Å². The van der Waals surface area contributed by atoms with Gasteiger partial charge in [-0.3, -0.25) is 4.79 Å². The largest absolute Gasteiger partial charge is 0.480 e. The monoisotopic (exact) mass is 510 g/mol. The molecule has 0 bridgehead atoms. The molecule has 36 heavy (non-hydrogen) atoms. The maximum Gasteiger partial charge on any atom is 0.326 e. The summed E-state index contributed by atoms with van der Waals surface area (Å²) >= 11 is 1.57. The first-order valence-electron chi connectivity index (χ1n) is 13.4. The highest BCUT2D eigenvalue weighted by Crippen LogP contribution is 2.29. The Morgan fingerprint density at radius 3 is 2.67 bits per heavy atom. The number of allylic oxidation sites excluding steroid dienone is 3. The number of carbonyl (C=O) groups excluding carboxylic acids is 1. The zero-order valence-corrected chi connectivity index (χ0v) is 22.7. The minimum absolute atomic E-state index is 0.337. The van der Waals surface area contributed by atoms with Gasteiger partial charge >= 0.3 is 5.97 Å². The van der Waals surface area contributed by atoms with E-state index in [0.29, 0.717) is 17.7 Å². The Labute approximate surface area is 220 Å². The number of carboxylic acids is 1. The molecule has 196 valence electrons. The Morgan fingerprint density at radius 1 is 1.17 bits per heavy atom.